The average molecular weight is 330 g/mol. The van der Waals surface area contributed by atoms with Crippen molar-refractivity contribution in [2.75, 3.05) is 25.0 Å². The van der Waals surface area contributed by atoms with Gasteiger partial charge < -0.3 is 14.9 Å². The average Bonchev–Trinajstić information content (AvgIpc) is 3.33. The molecule has 1 aliphatic carbocycles. The second kappa shape index (κ2) is 6.83. The molecule has 5 heteroatoms. The maximum Gasteiger partial charge on any atom is 0.303 e. The van der Waals surface area contributed by atoms with Crippen LogP contribution in [0.3, 0.4) is 0 Å². The Morgan fingerprint density at radius 2 is 1.79 bits per heavy atom. The van der Waals surface area contributed by atoms with E-state index in [9.17, 15) is 9.59 Å². The fourth-order valence-electron chi connectivity index (χ4n) is 3.72. The van der Waals surface area contributed by atoms with Gasteiger partial charge in [-0.3, -0.25) is 9.59 Å². The molecule has 1 aromatic carbocycles. The highest BCUT2D eigenvalue weighted by Crippen LogP contribution is 2.52. The van der Waals surface area contributed by atoms with Gasteiger partial charge in [-0.15, -0.1) is 0 Å². The lowest BCUT2D eigenvalue weighted by Crippen LogP contribution is -2.46. The minimum absolute atomic E-state index is 0.131. The number of likely N-dealkylation sites (tertiary alicyclic amines) is 1. The summed E-state index contributed by atoms with van der Waals surface area (Å²) in [5, 5.41) is 8.99. The van der Waals surface area contributed by atoms with E-state index in [0.29, 0.717) is 12.5 Å². The highest BCUT2D eigenvalue weighted by molar-refractivity contribution is 5.79. The Morgan fingerprint density at radius 1 is 1.17 bits per heavy atom. The first-order chi connectivity index (χ1) is 11.5. The first kappa shape index (κ1) is 16.8. The van der Waals surface area contributed by atoms with Crippen LogP contribution in [0.5, 0.6) is 0 Å². The molecule has 1 saturated carbocycles. The van der Waals surface area contributed by atoms with Crippen LogP contribution in [0.25, 0.3) is 0 Å². The zero-order valence-corrected chi connectivity index (χ0v) is 14.3. The highest BCUT2D eigenvalue weighted by atomic mass is 16.4. The molecule has 0 aromatic heterocycles. The minimum Gasteiger partial charge on any atom is -0.481 e. The van der Waals surface area contributed by atoms with Gasteiger partial charge in [-0.05, 0) is 43.2 Å². The summed E-state index contributed by atoms with van der Waals surface area (Å²) in [6.07, 6.45) is 4.20. The number of carboxylic acid groups (broad SMARTS) is 1. The van der Waals surface area contributed by atoms with Crippen LogP contribution in [0.15, 0.2) is 30.3 Å². The van der Waals surface area contributed by atoms with Crippen LogP contribution in [0.1, 0.15) is 38.5 Å². The number of amides is 1. The minimum atomic E-state index is -0.788. The van der Waals surface area contributed by atoms with Gasteiger partial charge in [0, 0.05) is 38.3 Å². The number of aliphatic carboxylic acids is 1. The summed E-state index contributed by atoms with van der Waals surface area (Å²) >= 11 is 0. The van der Waals surface area contributed by atoms with Crippen LogP contribution >= 0.6 is 0 Å². The number of rotatable bonds is 6. The van der Waals surface area contributed by atoms with Crippen molar-refractivity contribution in [3.63, 3.8) is 0 Å². The van der Waals surface area contributed by atoms with Crippen molar-refractivity contribution in [1.82, 2.24) is 4.90 Å². The van der Waals surface area contributed by atoms with Crippen LogP contribution in [0.2, 0.25) is 0 Å². The molecule has 0 radical (unpaired) electrons. The van der Waals surface area contributed by atoms with Gasteiger partial charge in [0.1, 0.15) is 0 Å². The maximum atomic E-state index is 12.5. The molecule has 1 N–H and O–H groups in total. The van der Waals surface area contributed by atoms with E-state index < -0.39 is 5.97 Å². The monoisotopic (exact) mass is 330 g/mol. The fourth-order valence-corrected chi connectivity index (χ4v) is 3.72. The zero-order valence-electron chi connectivity index (χ0n) is 14.3. The van der Waals surface area contributed by atoms with Crippen molar-refractivity contribution in [2.45, 2.75) is 44.6 Å². The second-order valence-electron chi connectivity index (χ2n) is 7.31. The molecule has 5 nitrogen and oxygen atoms in total. The van der Waals surface area contributed by atoms with Gasteiger partial charge in [0.05, 0.1) is 6.42 Å². The lowest BCUT2D eigenvalue weighted by Gasteiger charge is -2.38. The van der Waals surface area contributed by atoms with E-state index in [2.05, 4.69) is 24.1 Å². The van der Waals surface area contributed by atoms with Gasteiger partial charge in [0.15, 0.2) is 0 Å². The molecule has 3 rings (SSSR count). The summed E-state index contributed by atoms with van der Waals surface area (Å²) in [6, 6.07) is 10.8. The van der Waals surface area contributed by atoms with Crippen molar-refractivity contribution >= 4 is 17.6 Å². The number of carbonyl (C=O) groups excluding carboxylic acids is 1. The normalized spacial score (nSPS) is 19.8. The predicted octanol–water partition coefficient (Wildman–Crippen LogP) is 2.76. The van der Waals surface area contributed by atoms with E-state index in [-0.39, 0.29) is 17.7 Å². The topological polar surface area (TPSA) is 60.9 Å². The number of benzene rings is 1. The summed E-state index contributed by atoms with van der Waals surface area (Å²) < 4.78 is 0. The Labute approximate surface area is 143 Å². The molecule has 1 aromatic rings. The number of hydrogen-bond donors (Lipinski definition) is 1. The van der Waals surface area contributed by atoms with E-state index in [4.69, 9.17) is 5.11 Å². The van der Waals surface area contributed by atoms with Gasteiger partial charge in [-0.2, -0.15) is 0 Å². The van der Waals surface area contributed by atoms with E-state index in [1.165, 1.54) is 5.69 Å². The lowest BCUT2D eigenvalue weighted by molar-refractivity contribution is -0.139. The molecule has 2 aliphatic rings. The number of carbonyl (C=O) groups is 2. The van der Waals surface area contributed by atoms with E-state index in [0.717, 1.165) is 38.8 Å². The van der Waals surface area contributed by atoms with Crippen molar-refractivity contribution < 1.29 is 14.7 Å². The number of hydrogen-bond acceptors (Lipinski definition) is 3. The van der Waals surface area contributed by atoms with E-state index >= 15 is 0 Å². The summed E-state index contributed by atoms with van der Waals surface area (Å²) in [7, 11) is 2.11. The Balaban J connectivity index is 1.50. The summed E-state index contributed by atoms with van der Waals surface area (Å²) in [5.74, 6) is -0.655. The molecular weight excluding hydrogens is 304 g/mol. The van der Waals surface area contributed by atoms with Crippen molar-refractivity contribution in [3.05, 3.63) is 30.3 Å². The largest absolute Gasteiger partial charge is 0.481 e. The maximum absolute atomic E-state index is 12.5. The number of anilines is 1. The Bertz CT molecular complexity index is 590. The van der Waals surface area contributed by atoms with Crippen molar-refractivity contribution in [3.8, 4) is 0 Å². The van der Waals surface area contributed by atoms with Crippen LogP contribution in [-0.2, 0) is 9.59 Å². The Kier molecular flexibility index (Phi) is 4.78. The summed E-state index contributed by atoms with van der Waals surface area (Å²) in [4.78, 5) is 27.7. The van der Waals surface area contributed by atoms with Crippen LogP contribution in [0.4, 0.5) is 5.69 Å². The molecule has 0 unspecified atom stereocenters. The number of para-hydroxylation sites is 1. The molecule has 2 fully saturated rings. The molecule has 130 valence electrons. The molecule has 1 heterocycles. The quantitative estimate of drug-likeness (QED) is 0.871. The fraction of sp³-hybridized carbons (Fsp3) is 0.579. The molecular formula is C19H26N2O3. The van der Waals surface area contributed by atoms with Crippen molar-refractivity contribution in [1.29, 1.82) is 0 Å². The zero-order chi connectivity index (χ0) is 17.2. The van der Waals surface area contributed by atoms with Crippen molar-refractivity contribution in [2.24, 2.45) is 5.41 Å². The lowest BCUT2D eigenvalue weighted by atomic mass is 9.96. The molecule has 1 saturated heterocycles. The SMILES string of the molecule is CN(c1ccccc1)C1CCN(C(=O)CC2(CC(=O)O)CC2)CC1. The number of carboxylic acids is 1. The number of nitrogens with zero attached hydrogens (tertiary/aromatic N) is 2. The summed E-state index contributed by atoms with van der Waals surface area (Å²) in [6.45, 7) is 1.54. The van der Waals surface area contributed by atoms with Gasteiger partial charge in [0.2, 0.25) is 5.91 Å². The van der Waals surface area contributed by atoms with Crippen LogP contribution in [0, 0.1) is 5.41 Å². The number of piperidine rings is 1. The molecule has 24 heavy (non-hydrogen) atoms. The first-order valence-electron chi connectivity index (χ1n) is 8.77. The van der Waals surface area contributed by atoms with E-state index in [1.807, 2.05) is 23.1 Å². The van der Waals surface area contributed by atoms with Gasteiger partial charge >= 0.3 is 5.97 Å². The van der Waals surface area contributed by atoms with Gasteiger partial charge in [-0.1, -0.05) is 18.2 Å². The molecule has 0 atom stereocenters. The third kappa shape index (κ3) is 3.89. The smallest absolute Gasteiger partial charge is 0.303 e. The Hall–Kier alpha value is -2.04. The summed E-state index contributed by atoms with van der Waals surface area (Å²) in [5.41, 5.74) is 0.960. The second-order valence-corrected chi connectivity index (χ2v) is 7.31. The van der Waals surface area contributed by atoms with Gasteiger partial charge in [0.25, 0.3) is 0 Å². The third-order valence-corrected chi connectivity index (χ3v) is 5.54. The molecule has 1 aliphatic heterocycles. The van der Waals surface area contributed by atoms with Gasteiger partial charge in [-0.25, -0.2) is 0 Å². The van der Waals surface area contributed by atoms with Crippen LogP contribution in [-0.4, -0.2) is 48.1 Å². The molecule has 1 amide bonds. The standard InChI is InChI=1S/C19H26N2O3/c1-20(15-5-3-2-4-6-15)16-7-11-21(12-8-16)17(22)13-19(9-10-19)14-18(23)24/h2-6,16H,7-14H2,1H3,(H,23,24). The molecule has 0 spiro atoms. The molecule has 0 bridgehead atoms. The Morgan fingerprint density at radius 3 is 2.33 bits per heavy atom. The van der Waals surface area contributed by atoms with Crippen LogP contribution < -0.4 is 4.90 Å². The first-order valence-corrected chi connectivity index (χ1v) is 8.77. The third-order valence-electron chi connectivity index (χ3n) is 5.54. The van der Waals surface area contributed by atoms with E-state index in [1.54, 1.807) is 0 Å². The predicted molar refractivity (Wildman–Crippen MR) is 93.0 cm³/mol. The highest BCUT2D eigenvalue weighted by Gasteiger charge is 2.46.